The summed E-state index contributed by atoms with van der Waals surface area (Å²) in [5.41, 5.74) is 5.35. The smallest absolute Gasteiger partial charge is 0.354 e. The van der Waals surface area contributed by atoms with Gasteiger partial charge in [0.2, 0.25) is 0 Å². The predicted octanol–water partition coefficient (Wildman–Crippen LogP) is 6.56. The maximum atomic E-state index is 13.2. The normalized spacial score (nSPS) is 13.8. The number of rotatable bonds is 6. The van der Waals surface area contributed by atoms with Gasteiger partial charge in [0.15, 0.2) is 0 Å². The van der Waals surface area contributed by atoms with Gasteiger partial charge in [-0.2, -0.15) is 13.2 Å². The van der Waals surface area contributed by atoms with E-state index in [0.29, 0.717) is 22.4 Å². The van der Waals surface area contributed by atoms with E-state index in [2.05, 4.69) is 46.2 Å². The highest BCUT2D eigenvalue weighted by molar-refractivity contribution is 6.08. The van der Waals surface area contributed by atoms with Crippen molar-refractivity contribution in [3.8, 4) is 11.1 Å². The van der Waals surface area contributed by atoms with Gasteiger partial charge >= 0.3 is 6.18 Å². The summed E-state index contributed by atoms with van der Waals surface area (Å²) in [4.78, 5) is 15.6. The molecule has 1 aliphatic rings. The number of carbonyl (C=O) groups is 1. The summed E-state index contributed by atoms with van der Waals surface area (Å²) in [5, 5.41) is 2.98. The van der Waals surface area contributed by atoms with Gasteiger partial charge in [-0.1, -0.05) is 36.4 Å². The van der Waals surface area contributed by atoms with Crippen LogP contribution in [0.4, 0.5) is 18.9 Å². The fourth-order valence-corrected chi connectivity index (χ4v) is 4.88. The lowest BCUT2D eigenvalue weighted by Crippen LogP contribution is -2.32. The Hall–Kier alpha value is -3.84. The number of amides is 1. The Morgan fingerprint density at radius 1 is 0.946 bits per heavy atom. The van der Waals surface area contributed by atoms with Gasteiger partial charge in [0.1, 0.15) is 0 Å². The fourth-order valence-electron chi connectivity index (χ4n) is 4.88. The molecule has 37 heavy (non-hydrogen) atoms. The van der Waals surface area contributed by atoms with Gasteiger partial charge in [0.25, 0.3) is 5.91 Å². The van der Waals surface area contributed by atoms with E-state index in [9.17, 15) is 18.0 Å². The quantitative estimate of drug-likeness (QED) is 0.323. The molecule has 5 rings (SSSR count). The molecular formula is C30H28F3N3O. The number of anilines is 1. The number of nitrogens with zero attached hydrogens (tertiary/aromatic N) is 2. The van der Waals surface area contributed by atoms with Gasteiger partial charge in [-0.15, -0.1) is 0 Å². The molecule has 2 heterocycles. The lowest BCUT2D eigenvalue weighted by Gasteiger charge is -2.29. The molecule has 0 unspecified atom stereocenters. The largest absolute Gasteiger partial charge is 0.416 e. The van der Waals surface area contributed by atoms with Crippen LogP contribution in [0.3, 0.4) is 0 Å². The minimum atomic E-state index is -4.40. The van der Waals surface area contributed by atoms with Gasteiger partial charge in [0, 0.05) is 56.2 Å². The monoisotopic (exact) mass is 503 g/mol. The molecule has 1 amide bonds. The molecule has 0 spiro atoms. The van der Waals surface area contributed by atoms with Crippen LogP contribution in [0.15, 0.2) is 85.1 Å². The van der Waals surface area contributed by atoms with Crippen LogP contribution in [-0.4, -0.2) is 28.5 Å². The molecule has 1 aliphatic heterocycles. The SMILES string of the molecule is Cn1cccc1CCN1CCc2cc(NC(=O)c3ccccc3-c3ccc(C(F)(F)F)cc3)ccc2C1. The second-order valence-electron chi connectivity index (χ2n) is 9.44. The fraction of sp³-hybridized carbons (Fsp3) is 0.233. The molecular weight excluding hydrogens is 475 g/mol. The summed E-state index contributed by atoms with van der Waals surface area (Å²) >= 11 is 0. The average molecular weight is 504 g/mol. The highest BCUT2D eigenvalue weighted by Gasteiger charge is 2.30. The highest BCUT2D eigenvalue weighted by atomic mass is 19.4. The van der Waals surface area contributed by atoms with Crippen LogP contribution < -0.4 is 5.32 Å². The Kier molecular flexibility index (Phi) is 6.89. The number of benzene rings is 3. The summed E-state index contributed by atoms with van der Waals surface area (Å²) in [6.07, 6.45) is -0.418. The zero-order valence-electron chi connectivity index (χ0n) is 20.6. The molecule has 4 aromatic rings. The topological polar surface area (TPSA) is 37.3 Å². The van der Waals surface area contributed by atoms with Crippen LogP contribution in [0.2, 0.25) is 0 Å². The Morgan fingerprint density at radius 2 is 1.73 bits per heavy atom. The first-order chi connectivity index (χ1) is 17.8. The van der Waals surface area contributed by atoms with Gasteiger partial charge in [-0.3, -0.25) is 9.69 Å². The number of hydrogen-bond donors (Lipinski definition) is 1. The molecule has 3 aromatic carbocycles. The first kappa shape index (κ1) is 24.8. The van der Waals surface area contributed by atoms with Crippen LogP contribution in [-0.2, 0) is 32.6 Å². The first-order valence-corrected chi connectivity index (χ1v) is 12.3. The summed E-state index contributed by atoms with van der Waals surface area (Å²) < 4.78 is 41.0. The number of alkyl halides is 3. The zero-order valence-corrected chi connectivity index (χ0v) is 20.6. The Morgan fingerprint density at radius 3 is 2.46 bits per heavy atom. The van der Waals surface area contributed by atoms with Crippen molar-refractivity contribution in [2.75, 3.05) is 18.4 Å². The molecule has 0 fully saturated rings. The maximum absolute atomic E-state index is 13.2. The minimum Gasteiger partial charge on any atom is -0.354 e. The molecule has 1 aromatic heterocycles. The number of hydrogen-bond acceptors (Lipinski definition) is 2. The number of aryl methyl sites for hydroxylation is 1. The summed E-state index contributed by atoms with van der Waals surface area (Å²) in [6, 6.07) is 22.1. The van der Waals surface area contributed by atoms with Crippen molar-refractivity contribution in [1.29, 1.82) is 0 Å². The van der Waals surface area contributed by atoms with Crippen LogP contribution in [0.5, 0.6) is 0 Å². The van der Waals surface area contributed by atoms with Crippen molar-refractivity contribution < 1.29 is 18.0 Å². The zero-order chi connectivity index (χ0) is 26.0. The van der Waals surface area contributed by atoms with Crippen LogP contribution in [0.25, 0.3) is 11.1 Å². The third kappa shape index (κ3) is 5.62. The third-order valence-corrected chi connectivity index (χ3v) is 6.99. The number of aromatic nitrogens is 1. The molecule has 7 heteroatoms. The lowest BCUT2D eigenvalue weighted by atomic mass is 9.97. The third-order valence-electron chi connectivity index (χ3n) is 6.99. The van der Waals surface area contributed by atoms with Crippen molar-refractivity contribution in [3.63, 3.8) is 0 Å². The van der Waals surface area contributed by atoms with Crippen molar-refractivity contribution >= 4 is 11.6 Å². The summed E-state index contributed by atoms with van der Waals surface area (Å²) in [6.45, 7) is 2.84. The van der Waals surface area contributed by atoms with Crippen LogP contribution >= 0.6 is 0 Å². The number of fused-ring (bicyclic) bond motifs is 1. The Balaban J connectivity index is 1.27. The van der Waals surface area contributed by atoms with E-state index in [0.717, 1.165) is 44.6 Å². The van der Waals surface area contributed by atoms with E-state index in [-0.39, 0.29) is 5.91 Å². The van der Waals surface area contributed by atoms with E-state index in [1.807, 2.05) is 12.1 Å². The van der Waals surface area contributed by atoms with E-state index in [1.165, 1.54) is 29.0 Å². The first-order valence-electron chi connectivity index (χ1n) is 12.3. The standard InChI is InChI=1S/C30H28F3N3O/c1-35-16-4-5-26(35)15-18-36-17-14-22-19-25(13-10-23(22)20-36)34-29(37)28-7-3-2-6-27(28)21-8-11-24(12-9-21)30(31,32)33/h2-13,16,19H,14-15,17-18,20H2,1H3,(H,34,37). The molecule has 190 valence electrons. The van der Waals surface area contributed by atoms with Gasteiger partial charge < -0.3 is 9.88 Å². The minimum absolute atomic E-state index is 0.296. The van der Waals surface area contributed by atoms with Crippen molar-refractivity contribution in [2.24, 2.45) is 7.05 Å². The number of carbonyl (C=O) groups excluding carboxylic acids is 1. The van der Waals surface area contributed by atoms with E-state index in [4.69, 9.17) is 0 Å². The second-order valence-corrected chi connectivity index (χ2v) is 9.44. The Bertz CT molecular complexity index is 1410. The molecule has 0 aliphatic carbocycles. The van der Waals surface area contributed by atoms with E-state index >= 15 is 0 Å². The van der Waals surface area contributed by atoms with E-state index < -0.39 is 11.7 Å². The average Bonchev–Trinajstić information content (AvgIpc) is 3.31. The second kappa shape index (κ2) is 10.3. The summed E-state index contributed by atoms with van der Waals surface area (Å²) in [5.74, 6) is -0.296. The maximum Gasteiger partial charge on any atom is 0.416 e. The number of nitrogens with one attached hydrogen (secondary N) is 1. The van der Waals surface area contributed by atoms with Crippen molar-refractivity contribution in [2.45, 2.75) is 25.6 Å². The van der Waals surface area contributed by atoms with Crippen LogP contribution in [0, 0.1) is 0 Å². The van der Waals surface area contributed by atoms with E-state index in [1.54, 1.807) is 24.3 Å². The van der Waals surface area contributed by atoms with Crippen molar-refractivity contribution in [3.05, 3.63) is 113 Å². The van der Waals surface area contributed by atoms with Gasteiger partial charge in [-0.05, 0) is 71.1 Å². The Labute approximate surface area is 214 Å². The molecule has 4 nitrogen and oxygen atoms in total. The molecule has 0 bridgehead atoms. The van der Waals surface area contributed by atoms with Crippen LogP contribution in [0.1, 0.15) is 32.7 Å². The van der Waals surface area contributed by atoms with Gasteiger partial charge in [-0.25, -0.2) is 0 Å². The molecule has 0 saturated carbocycles. The molecule has 0 atom stereocenters. The number of halogens is 3. The molecule has 0 radical (unpaired) electrons. The highest BCUT2D eigenvalue weighted by Crippen LogP contribution is 2.32. The van der Waals surface area contributed by atoms with Crippen molar-refractivity contribution in [1.82, 2.24) is 9.47 Å². The summed E-state index contributed by atoms with van der Waals surface area (Å²) in [7, 11) is 2.07. The molecule has 1 N–H and O–H groups in total. The predicted molar refractivity (Wildman–Crippen MR) is 139 cm³/mol. The molecule has 0 saturated heterocycles. The van der Waals surface area contributed by atoms with Gasteiger partial charge in [0.05, 0.1) is 5.56 Å². The lowest BCUT2D eigenvalue weighted by molar-refractivity contribution is -0.137.